The van der Waals surface area contributed by atoms with Gasteiger partial charge in [-0.1, -0.05) is 36.4 Å². The number of anilines is 1. The first-order valence-corrected chi connectivity index (χ1v) is 7.92. The lowest BCUT2D eigenvalue weighted by Gasteiger charge is -2.30. The Morgan fingerprint density at radius 3 is 2.55 bits per heavy atom. The molecular weight excluding hydrogens is 270 g/mol. The van der Waals surface area contributed by atoms with Gasteiger partial charge in [-0.25, -0.2) is 0 Å². The molecule has 116 valence electrons. The topological polar surface area (TPSA) is 32.5 Å². The van der Waals surface area contributed by atoms with Crippen LogP contribution in [-0.2, 0) is 6.54 Å². The molecule has 0 spiro atoms. The van der Waals surface area contributed by atoms with Gasteiger partial charge in [-0.3, -0.25) is 4.90 Å². The fourth-order valence-electron chi connectivity index (χ4n) is 3.39. The van der Waals surface area contributed by atoms with Crippen LogP contribution in [0.4, 0.5) is 5.69 Å². The molecule has 0 radical (unpaired) electrons. The molecule has 3 heteroatoms. The largest absolute Gasteiger partial charge is 0.378 e. The van der Waals surface area contributed by atoms with E-state index in [1.807, 2.05) is 0 Å². The maximum atomic E-state index is 6.13. The third kappa shape index (κ3) is 2.62. The summed E-state index contributed by atoms with van der Waals surface area (Å²) in [4.78, 5) is 4.66. The second-order valence-corrected chi connectivity index (χ2v) is 6.29. The van der Waals surface area contributed by atoms with Crippen molar-refractivity contribution < 1.29 is 0 Å². The summed E-state index contributed by atoms with van der Waals surface area (Å²) >= 11 is 0. The highest BCUT2D eigenvalue weighted by molar-refractivity contribution is 5.52. The van der Waals surface area contributed by atoms with E-state index in [-0.39, 0.29) is 0 Å². The van der Waals surface area contributed by atoms with Gasteiger partial charge in [0.1, 0.15) is 0 Å². The standard InChI is InChI=1S/C19H25N3/c1-14(15-7-5-4-6-8-15)22-13-16-9-10-17(21(2)3)11-18(16)19(22)12-20/h4-11,14,19H,12-13,20H2,1-3H3. The summed E-state index contributed by atoms with van der Waals surface area (Å²) in [6.07, 6.45) is 0. The summed E-state index contributed by atoms with van der Waals surface area (Å²) in [7, 11) is 4.16. The highest BCUT2D eigenvalue weighted by Crippen LogP contribution is 2.40. The first-order valence-electron chi connectivity index (χ1n) is 7.92. The zero-order chi connectivity index (χ0) is 15.7. The van der Waals surface area contributed by atoms with Crippen molar-refractivity contribution in [3.05, 3.63) is 65.2 Å². The first kappa shape index (κ1) is 15.1. The molecule has 1 heterocycles. The molecule has 2 unspecified atom stereocenters. The van der Waals surface area contributed by atoms with Crippen LogP contribution in [0.25, 0.3) is 0 Å². The van der Waals surface area contributed by atoms with Crippen LogP contribution in [0.1, 0.15) is 35.7 Å². The number of fused-ring (bicyclic) bond motifs is 1. The van der Waals surface area contributed by atoms with Crippen molar-refractivity contribution in [1.82, 2.24) is 4.90 Å². The molecule has 1 aliphatic heterocycles. The van der Waals surface area contributed by atoms with Crippen LogP contribution in [0.2, 0.25) is 0 Å². The zero-order valence-electron chi connectivity index (χ0n) is 13.7. The summed E-state index contributed by atoms with van der Waals surface area (Å²) in [6, 6.07) is 18.1. The van der Waals surface area contributed by atoms with E-state index in [4.69, 9.17) is 5.73 Å². The van der Waals surface area contributed by atoms with Crippen molar-refractivity contribution in [3.63, 3.8) is 0 Å². The molecule has 22 heavy (non-hydrogen) atoms. The van der Waals surface area contributed by atoms with Crippen LogP contribution in [0.3, 0.4) is 0 Å². The number of benzene rings is 2. The fraction of sp³-hybridized carbons (Fsp3) is 0.368. The average molecular weight is 295 g/mol. The van der Waals surface area contributed by atoms with Crippen molar-refractivity contribution in [2.75, 3.05) is 25.5 Å². The maximum absolute atomic E-state index is 6.13. The van der Waals surface area contributed by atoms with Crippen LogP contribution in [0.5, 0.6) is 0 Å². The molecule has 0 fully saturated rings. The van der Waals surface area contributed by atoms with Crippen molar-refractivity contribution in [1.29, 1.82) is 0 Å². The molecule has 0 amide bonds. The van der Waals surface area contributed by atoms with Gasteiger partial charge in [-0.05, 0) is 35.7 Å². The van der Waals surface area contributed by atoms with Crippen molar-refractivity contribution in [3.8, 4) is 0 Å². The predicted octanol–water partition coefficient (Wildman–Crippen LogP) is 3.33. The minimum Gasteiger partial charge on any atom is -0.378 e. The molecule has 2 N–H and O–H groups in total. The highest BCUT2D eigenvalue weighted by atomic mass is 15.2. The van der Waals surface area contributed by atoms with Crippen LogP contribution in [-0.4, -0.2) is 25.5 Å². The Morgan fingerprint density at radius 1 is 1.18 bits per heavy atom. The Labute approximate surface area is 133 Å². The fourth-order valence-corrected chi connectivity index (χ4v) is 3.39. The molecule has 2 aromatic rings. The third-order valence-electron chi connectivity index (χ3n) is 4.76. The Hall–Kier alpha value is -1.84. The van der Waals surface area contributed by atoms with Gasteiger partial charge >= 0.3 is 0 Å². The summed E-state index contributed by atoms with van der Waals surface area (Å²) in [5, 5.41) is 0. The van der Waals surface area contributed by atoms with Crippen molar-refractivity contribution in [2.24, 2.45) is 5.73 Å². The van der Waals surface area contributed by atoms with Gasteiger partial charge in [-0.15, -0.1) is 0 Å². The minimum atomic E-state index is 0.296. The third-order valence-corrected chi connectivity index (χ3v) is 4.76. The van der Waals surface area contributed by atoms with Gasteiger partial charge in [0.05, 0.1) is 0 Å². The van der Waals surface area contributed by atoms with Crippen molar-refractivity contribution in [2.45, 2.75) is 25.6 Å². The van der Waals surface area contributed by atoms with E-state index in [2.05, 4.69) is 79.3 Å². The number of rotatable bonds is 4. The smallest absolute Gasteiger partial charge is 0.0484 e. The van der Waals surface area contributed by atoms with E-state index in [9.17, 15) is 0 Å². The van der Waals surface area contributed by atoms with Gasteiger partial charge in [0, 0.05) is 45.0 Å². The monoisotopic (exact) mass is 295 g/mol. The summed E-state index contributed by atoms with van der Waals surface area (Å²) < 4.78 is 0. The van der Waals surface area contributed by atoms with E-state index in [0.29, 0.717) is 18.6 Å². The molecule has 0 bridgehead atoms. The Balaban J connectivity index is 1.92. The lowest BCUT2D eigenvalue weighted by molar-refractivity contribution is 0.161. The molecule has 0 saturated heterocycles. The van der Waals surface area contributed by atoms with Crippen LogP contribution in [0.15, 0.2) is 48.5 Å². The van der Waals surface area contributed by atoms with E-state index in [1.165, 1.54) is 22.4 Å². The molecular formula is C19H25N3. The molecule has 0 aromatic heterocycles. The molecule has 0 aliphatic carbocycles. The number of nitrogens with zero attached hydrogens (tertiary/aromatic N) is 2. The van der Waals surface area contributed by atoms with Gasteiger partial charge in [0.2, 0.25) is 0 Å². The summed E-state index contributed by atoms with van der Waals surface area (Å²) in [5.41, 5.74) is 11.5. The predicted molar refractivity (Wildman–Crippen MR) is 93.0 cm³/mol. The number of nitrogens with two attached hydrogens (primary N) is 1. The molecule has 1 aliphatic rings. The van der Waals surface area contributed by atoms with E-state index < -0.39 is 0 Å². The SMILES string of the molecule is CC(c1ccccc1)N1Cc2ccc(N(C)C)cc2C1CN. The van der Waals surface area contributed by atoms with Gasteiger partial charge < -0.3 is 10.6 Å². The van der Waals surface area contributed by atoms with Gasteiger partial charge in [-0.2, -0.15) is 0 Å². The lowest BCUT2D eigenvalue weighted by atomic mass is 10.0. The van der Waals surface area contributed by atoms with Crippen LogP contribution < -0.4 is 10.6 Å². The zero-order valence-corrected chi connectivity index (χ0v) is 13.7. The van der Waals surface area contributed by atoms with Gasteiger partial charge in [0.15, 0.2) is 0 Å². The minimum absolute atomic E-state index is 0.296. The molecule has 2 aromatic carbocycles. The van der Waals surface area contributed by atoms with Gasteiger partial charge in [0.25, 0.3) is 0 Å². The Kier molecular flexibility index (Phi) is 4.19. The number of hydrogen-bond donors (Lipinski definition) is 1. The Morgan fingerprint density at radius 2 is 1.91 bits per heavy atom. The molecule has 3 rings (SSSR count). The molecule has 0 saturated carbocycles. The summed E-state index contributed by atoms with van der Waals surface area (Å²) in [6.45, 7) is 3.90. The molecule has 3 nitrogen and oxygen atoms in total. The number of hydrogen-bond acceptors (Lipinski definition) is 3. The summed E-state index contributed by atoms with van der Waals surface area (Å²) in [5.74, 6) is 0. The average Bonchev–Trinajstić information content (AvgIpc) is 2.92. The lowest BCUT2D eigenvalue weighted by Crippen LogP contribution is -2.30. The highest BCUT2D eigenvalue weighted by Gasteiger charge is 2.33. The first-order chi connectivity index (χ1) is 10.6. The van der Waals surface area contributed by atoms with E-state index in [1.54, 1.807) is 0 Å². The van der Waals surface area contributed by atoms with E-state index in [0.717, 1.165) is 6.54 Å². The quantitative estimate of drug-likeness (QED) is 0.939. The second kappa shape index (κ2) is 6.11. The Bertz CT molecular complexity index is 636. The van der Waals surface area contributed by atoms with Crippen LogP contribution in [0, 0.1) is 0 Å². The second-order valence-electron chi connectivity index (χ2n) is 6.29. The normalized spacial score (nSPS) is 19.0. The maximum Gasteiger partial charge on any atom is 0.0484 e. The van der Waals surface area contributed by atoms with Crippen molar-refractivity contribution >= 4 is 5.69 Å². The van der Waals surface area contributed by atoms with Crippen LogP contribution >= 0.6 is 0 Å². The molecule has 2 atom stereocenters. The van der Waals surface area contributed by atoms with E-state index >= 15 is 0 Å².